The van der Waals surface area contributed by atoms with Gasteiger partial charge in [-0.1, -0.05) is 44.0 Å². The highest BCUT2D eigenvalue weighted by Gasteiger charge is 2.51. The van der Waals surface area contributed by atoms with Crippen LogP contribution in [0.2, 0.25) is 0 Å². The van der Waals surface area contributed by atoms with Crippen LogP contribution in [0.3, 0.4) is 0 Å². The molecule has 3 rings (SSSR count). The Morgan fingerprint density at radius 3 is 2.41 bits per heavy atom. The maximum Gasteiger partial charge on any atom is 0.421 e. The van der Waals surface area contributed by atoms with Crippen molar-refractivity contribution in [3.05, 3.63) is 47.3 Å². The van der Waals surface area contributed by atoms with Crippen LogP contribution >= 0.6 is 35.2 Å². The number of hydrogen-bond donors (Lipinski definition) is 1. The molecule has 1 aliphatic heterocycles. The number of thiophene rings is 1. The predicted octanol–water partition coefficient (Wildman–Crippen LogP) is 5.91. The van der Waals surface area contributed by atoms with Crippen molar-refractivity contribution in [3.63, 3.8) is 0 Å². The summed E-state index contributed by atoms with van der Waals surface area (Å²) in [5, 5.41) is 12.1. The summed E-state index contributed by atoms with van der Waals surface area (Å²) in [7, 11) is 0. The SMILES string of the molecule is CSN(CC(C)C)C1CN(Sc2cccs2)CCN1c1ccc(C(C)(O)C(F)(F)F)cc1. The van der Waals surface area contributed by atoms with Crippen LogP contribution in [0.25, 0.3) is 0 Å². The quantitative estimate of drug-likeness (QED) is 0.449. The zero-order valence-corrected chi connectivity index (χ0v) is 21.1. The molecule has 1 fully saturated rings. The minimum atomic E-state index is -4.73. The van der Waals surface area contributed by atoms with Gasteiger partial charge in [0.2, 0.25) is 0 Å². The van der Waals surface area contributed by atoms with Crippen LogP contribution in [0, 0.1) is 5.92 Å². The van der Waals surface area contributed by atoms with E-state index in [0.717, 1.165) is 38.8 Å². The number of halogens is 3. The molecule has 0 spiro atoms. The normalized spacial score (nSPS) is 20.2. The molecule has 1 aromatic heterocycles. The van der Waals surface area contributed by atoms with E-state index < -0.39 is 11.8 Å². The van der Waals surface area contributed by atoms with Gasteiger partial charge in [0, 0.05) is 31.9 Å². The van der Waals surface area contributed by atoms with Crippen LogP contribution in [0.15, 0.2) is 46.0 Å². The maximum atomic E-state index is 13.2. The lowest BCUT2D eigenvalue weighted by Gasteiger charge is -2.46. The molecular weight excluding hydrogens is 475 g/mol. The largest absolute Gasteiger partial charge is 0.421 e. The van der Waals surface area contributed by atoms with Gasteiger partial charge >= 0.3 is 6.18 Å². The van der Waals surface area contributed by atoms with Crippen molar-refractivity contribution in [2.75, 3.05) is 37.3 Å². The summed E-state index contributed by atoms with van der Waals surface area (Å²) < 4.78 is 45.7. The van der Waals surface area contributed by atoms with Gasteiger partial charge in [0.1, 0.15) is 6.17 Å². The molecule has 4 nitrogen and oxygen atoms in total. The molecule has 0 aliphatic carbocycles. The van der Waals surface area contributed by atoms with E-state index in [1.54, 1.807) is 47.4 Å². The van der Waals surface area contributed by atoms with E-state index in [0.29, 0.717) is 5.92 Å². The average molecular weight is 506 g/mol. The second-order valence-corrected chi connectivity index (χ2v) is 11.6. The van der Waals surface area contributed by atoms with Crippen LogP contribution in [-0.4, -0.2) is 58.5 Å². The summed E-state index contributed by atoms with van der Waals surface area (Å²) >= 11 is 5.17. The first-order valence-electron chi connectivity index (χ1n) is 10.5. The lowest BCUT2D eigenvalue weighted by molar-refractivity contribution is -0.258. The highest BCUT2D eigenvalue weighted by Crippen LogP contribution is 2.39. The molecule has 1 N–H and O–H groups in total. The van der Waals surface area contributed by atoms with Gasteiger partial charge in [-0.05, 0) is 60.2 Å². The minimum absolute atomic E-state index is 0.0718. The van der Waals surface area contributed by atoms with Crippen LogP contribution in [-0.2, 0) is 5.60 Å². The Balaban J connectivity index is 1.84. The van der Waals surface area contributed by atoms with Gasteiger partial charge in [-0.2, -0.15) is 13.2 Å². The van der Waals surface area contributed by atoms with Crippen molar-refractivity contribution in [1.82, 2.24) is 8.61 Å². The Labute approximate surface area is 201 Å². The van der Waals surface area contributed by atoms with Crippen LogP contribution < -0.4 is 4.90 Å². The molecule has 178 valence electrons. The molecule has 0 bridgehead atoms. The Morgan fingerprint density at radius 2 is 1.88 bits per heavy atom. The lowest BCUT2D eigenvalue weighted by Crippen LogP contribution is -2.57. The molecule has 1 aromatic carbocycles. The fraction of sp³-hybridized carbons (Fsp3) is 0.545. The lowest BCUT2D eigenvalue weighted by atomic mass is 9.95. The highest BCUT2D eigenvalue weighted by atomic mass is 32.2. The zero-order chi connectivity index (χ0) is 23.5. The Kier molecular flexibility index (Phi) is 8.49. The monoisotopic (exact) mass is 505 g/mol. The van der Waals surface area contributed by atoms with E-state index in [1.165, 1.54) is 16.3 Å². The third kappa shape index (κ3) is 5.95. The van der Waals surface area contributed by atoms with Crippen molar-refractivity contribution in [1.29, 1.82) is 0 Å². The van der Waals surface area contributed by atoms with Crippen molar-refractivity contribution in [2.45, 2.75) is 42.9 Å². The number of hydrogen-bond acceptors (Lipinski definition) is 7. The Morgan fingerprint density at radius 1 is 1.19 bits per heavy atom. The van der Waals surface area contributed by atoms with E-state index in [1.807, 2.05) is 6.07 Å². The Hall–Kier alpha value is -0.910. The number of nitrogens with zero attached hydrogens (tertiary/aromatic N) is 3. The molecular formula is C22H30F3N3OS3. The highest BCUT2D eigenvalue weighted by molar-refractivity contribution is 7.99. The number of rotatable bonds is 8. The van der Waals surface area contributed by atoms with Gasteiger partial charge in [0.05, 0.1) is 4.21 Å². The van der Waals surface area contributed by atoms with Gasteiger partial charge in [-0.3, -0.25) is 0 Å². The van der Waals surface area contributed by atoms with Crippen molar-refractivity contribution < 1.29 is 18.3 Å². The summed E-state index contributed by atoms with van der Waals surface area (Å²) in [6.07, 6.45) is -2.59. The summed E-state index contributed by atoms with van der Waals surface area (Å²) in [5.74, 6) is 0.480. The number of alkyl halides is 3. The average Bonchev–Trinajstić information content (AvgIpc) is 3.24. The summed E-state index contributed by atoms with van der Waals surface area (Å²) in [6, 6.07) is 10.3. The van der Waals surface area contributed by atoms with E-state index >= 15 is 0 Å². The molecule has 2 unspecified atom stereocenters. The van der Waals surface area contributed by atoms with Crippen molar-refractivity contribution in [2.24, 2.45) is 5.92 Å². The third-order valence-corrected chi connectivity index (χ3v) is 8.40. The molecule has 10 heteroatoms. The molecule has 2 aromatic rings. The summed E-state index contributed by atoms with van der Waals surface area (Å²) in [6.45, 7) is 8.46. The molecule has 2 heterocycles. The van der Waals surface area contributed by atoms with Crippen molar-refractivity contribution >= 4 is 40.9 Å². The molecule has 1 saturated heterocycles. The summed E-state index contributed by atoms with van der Waals surface area (Å²) in [4.78, 5) is 2.26. The minimum Gasteiger partial charge on any atom is -0.376 e. The molecule has 0 saturated carbocycles. The number of aliphatic hydroxyl groups is 1. The first kappa shape index (κ1) is 25.7. The second kappa shape index (κ2) is 10.6. The fourth-order valence-corrected chi connectivity index (χ4v) is 6.38. The van der Waals surface area contributed by atoms with Crippen LogP contribution in [0.1, 0.15) is 26.3 Å². The molecule has 32 heavy (non-hydrogen) atoms. The van der Waals surface area contributed by atoms with E-state index in [4.69, 9.17) is 0 Å². The molecule has 0 radical (unpaired) electrons. The molecule has 1 aliphatic rings. The van der Waals surface area contributed by atoms with E-state index in [-0.39, 0.29) is 11.7 Å². The molecule has 2 atom stereocenters. The van der Waals surface area contributed by atoms with Gasteiger partial charge < -0.3 is 10.0 Å². The first-order valence-corrected chi connectivity index (χ1v) is 13.3. The zero-order valence-electron chi connectivity index (χ0n) is 18.7. The Bertz CT molecular complexity index is 844. The smallest absolute Gasteiger partial charge is 0.376 e. The third-order valence-electron chi connectivity index (χ3n) is 5.46. The van der Waals surface area contributed by atoms with E-state index in [9.17, 15) is 18.3 Å². The van der Waals surface area contributed by atoms with Gasteiger partial charge in [0.15, 0.2) is 5.60 Å². The first-order chi connectivity index (χ1) is 15.0. The summed E-state index contributed by atoms with van der Waals surface area (Å²) in [5.41, 5.74) is -2.16. The van der Waals surface area contributed by atoms with Gasteiger partial charge in [-0.25, -0.2) is 8.61 Å². The second-order valence-electron chi connectivity index (χ2n) is 8.38. The van der Waals surface area contributed by atoms with Crippen molar-refractivity contribution in [3.8, 4) is 0 Å². The van der Waals surface area contributed by atoms with Crippen LogP contribution in [0.4, 0.5) is 18.9 Å². The standard InChI is InChI=1S/C22H30F3N3OS3/c1-16(2)14-28(30-4)19-15-26(32-20-6-5-13-31-20)11-12-27(19)18-9-7-17(8-10-18)21(3,29)22(23,24)25/h5-10,13,16,19,29H,11-12,14-15H2,1-4H3. The number of benzene rings is 1. The van der Waals surface area contributed by atoms with E-state index in [2.05, 4.69) is 45.1 Å². The maximum absolute atomic E-state index is 13.2. The molecule has 0 amide bonds. The van der Waals surface area contributed by atoms with Gasteiger partial charge in [-0.15, -0.1) is 11.3 Å². The fourth-order valence-electron chi connectivity index (χ4n) is 3.63. The van der Waals surface area contributed by atoms with Gasteiger partial charge in [0.25, 0.3) is 0 Å². The number of piperazine rings is 1. The predicted molar refractivity (Wildman–Crippen MR) is 130 cm³/mol. The topological polar surface area (TPSA) is 30.0 Å². The van der Waals surface area contributed by atoms with Crippen LogP contribution in [0.5, 0.6) is 0 Å². The number of anilines is 1.